The second-order valence-corrected chi connectivity index (χ2v) is 3.72. The van der Waals surface area contributed by atoms with Crippen LogP contribution in [0.5, 0.6) is 0 Å². The second kappa shape index (κ2) is 2.94. The molecule has 2 aliphatic heterocycles. The Balaban J connectivity index is 2.14. The maximum atomic E-state index is 11.5. The molecule has 2 fully saturated rings. The maximum Gasteiger partial charge on any atom is 0.149 e. The highest BCUT2D eigenvalue weighted by Gasteiger charge is 2.27. The number of carbonyl (C=O) groups is 1. The highest BCUT2D eigenvalue weighted by Crippen LogP contribution is 2.23. The largest absolute Gasteiger partial charge is 0.298 e. The molecular weight excluding hydrogens is 138 g/mol. The number of Topliss-reactive ketones (excluding diaryl/α,β-unsaturated/α-hetero) is 1. The van der Waals surface area contributed by atoms with Gasteiger partial charge in [-0.25, -0.2) is 0 Å². The zero-order valence-corrected chi connectivity index (χ0v) is 6.88. The van der Waals surface area contributed by atoms with Crippen molar-refractivity contribution in [1.29, 1.82) is 0 Å². The van der Waals surface area contributed by atoms with E-state index in [0.29, 0.717) is 11.7 Å². The molecular formula is C9H15NO. The molecule has 0 N–H and O–H groups in total. The molecule has 0 amide bonds. The van der Waals surface area contributed by atoms with Crippen LogP contribution in [0.2, 0.25) is 0 Å². The summed E-state index contributed by atoms with van der Waals surface area (Å²) in [7, 11) is 0. The van der Waals surface area contributed by atoms with E-state index in [0.717, 1.165) is 32.5 Å². The van der Waals surface area contributed by atoms with E-state index in [4.69, 9.17) is 0 Å². The van der Waals surface area contributed by atoms with Gasteiger partial charge < -0.3 is 0 Å². The topological polar surface area (TPSA) is 20.3 Å². The van der Waals surface area contributed by atoms with Gasteiger partial charge in [-0.3, -0.25) is 9.69 Å². The van der Waals surface area contributed by atoms with Crippen molar-refractivity contribution in [3.05, 3.63) is 0 Å². The predicted molar refractivity (Wildman–Crippen MR) is 43.4 cm³/mol. The molecule has 0 unspecified atom stereocenters. The van der Waals surface area contributed by atoms with Gasteiger partial charge >= 0.3 is 0 Å². The Hall–Kier alpha value is -0.370. The smallest absolute Gasteiger partial charge is 0.149 e. The molecule has 2 bridgehead atoms. The number of hydrogen-bond acceptors (Lipinski definition) is 2. The predicted octanol–water partition coefficient (Wildman–Crippen LogP) is 1.06. The zero-order valence-electron chi connectivity index (χ0n) is 6.88. The monoisotopic (exact) mass is 153 g/mol. The lowest BCUT2D eigenvalue weighted by Crippen LogP contribution is -2.28. The van der Waals surface area contributed by atoms with Gasteiger partial charge in [0.1, 0.15) is 5.78 Å². The van der Waals surface area contributed by atoms with Crippen molar-refractivity contribution >= 4 is 5.78 Å². The molecule has 0 atom stereocenters. The molecule has 2 heteroatoms. The molecule has 0 aromatic rings. The molecule has 62 valence electrons. The highest BCUT2D eigenvalue weighted by atomic mass is 16.1. The molecule has 0 spiro atoms. The summed E-state index contributed by atoms with van der Waals surface area (Å²) < 4.78 is 0. The van der Waals surface area contributed by atoms with Crippen molar-refractivity contribution in [3.63, 3.8) is 0 Å². The summed E-state index contributed by atoms with van der Waals surface area (Å²) in [6.07, 6.45) is 4.76. The van der Waals surface area contributed by atoms with Crippen LogP contribution >= 0.6 is 0 Å². The van der Waals surface area contributed by atoms with Gasteiger partial charge in [-0.05, 0) is 38.8 Å². The molecule has 2 nitrogen and oxygen atoms in total. The Morgan fingerprint density at radius 2 is 1.82 bits per heavy atom. The molecule has 2 rings (SSSR count). The molecule has 0 aromatic carbocycles. The Morgan fingerprint density at radius 3 is 2.45 bits per heavy atom. The average Bonchev–Trinajstić information content (AvgIpc) is 2.16. The number of fused-ring (bicyclic) bond motifs is 3. The van der Waals surface area contributed by atoms with Crippen LogP contribution in [0.4, 0.5) is 0 Å². The van der Waals surface area contributed by atoms with E-state index in [1.807, 2.05) is 0 Å². The second-order valence-electron chi connectivity index (χ2n) is 3.72. The molecule has 0 aliphatic carbocycles. The van der Waals surface area contributed by atoms with Crippen molar-refractivity contribution in [2.24, 2.45) is 5.92 Å². The lowest BCUT2D eigenvalue weighted by atomic mass is 9.95. The molecule has 2 aliphatic rings. The SMILES string of the molecule is O=C1CN2CCCC1CCC2. The van der Waals surface area contributed by atoms with Crippen LogP contribution in [0.25, 0.3) is 0 Å². The van der Waals surface area contributed by atoms with Gasteiger partial charge in [-0.1, -0.05) is 0 Å². The lowest BCUT2D eigenvalue weighted by Gasteiger charge is -2.17. The fourth-order valence-electron chi connectivity index (χ4n) is 2.21. The quantitative estimate of drug-likeness (QED) is 0.518. The minimum Gasteiger partial charge on any atom is -0.298 e. The third-order valence-corrected chi connectivity index (χ3v) is 2.89. The molecule has 0 saturated carbocycles. The van der Waals surface area contributed by atoms with Gasteiger partial charge in [0.15, 0.2) is 0 Å². The summed E-state index contributed by atoms with van der Waals surface area (Å²) in [6, 6.07) is 0. The van der Waals surface area contributed by atoms with Crippen LogP contribution < -0.4 is 0 Å². The van der Waals surface area contributed by atoms with Gasteiger partial charge in [-0.15, -0.1) is 0 Å². The Kier molecular flexibility index (Phi) is 1.95. The summed E-state index contributed by atoms with van der Waals surface area (Å²) >= 11 is 0. The first kappa shape index (κ1) is 7.29. The average molecular weight is 153 g/mol. The lowest BCUT2D eigenvalue weighted by molar-refractivity contribution is -0.122. The minimum absolute atomic E-state index is 0.419. The van der Waals surface area contributed by atoms with Crippen LogP contribution in [0.1, 0.15) is 25.7 Å². The minimum atomic E-state index is 0.419. The van der Waals surface area contributed by atoms with Crippen molar-refractivity contribution in [1.82, 2.24) is 4.90 Å². The number of rotatable bonds is 0. The van der Waals surface area contributed by atoms with Crippen molar-refractivity contribution < 1.29 is 4.79 Å². The molecule has 0 aromatic heterocycles. The Labute approximate surface area is 67.6 Å². The van der Waals surface area contributed by atoms with Gasteiger partial charge in [0.2, 0.25) is 0 Å². The first-order valence-corrected chi connectivity index (χ1v) is 4.61. The van der Waals surface area contributed by atoms with E-state index in [2.05, 4.69) is 4.90 Å². The fraction of sp³-hybridized carbons (Fsp3) is 0.889. The summed E-state index contributed by atoms with van der Waals surface area (Å²) in [5, 5.41) is 0. The van der Waals surface area contributed by atoms with E-state index in [9.17, 15) is 4.79 Å². The van der Waals surface area contributed by atoms with Crippen LogP contribution in [-0.2, 0) is 4.79 Å². The van der Waals surface area contributed by atoms with Gasteiger partial charge in [-0.2, -0.15) is 0 Å². The molecule has 2 heterocycles. The van der Waals surface area contributed by atoms with E-state index in [1.54, 1.807) is 0 Å². The number of ketones is 1. The van der Waals surface area contributed by atoms with Crippen LogP contribution in [0.3, 0.4) is 0 Å². The van der Waals surface area contributed by atoms with Crippen molar-refractivity contribution in [2.45, 2.75) is 25.7 Å². The van der Waals surface area contributed by atoms with Gasteiger partial charge in [0.05, 0.1) is 6.54 Å². The fourth-order valence-corrected chi connectivity index (χ4v) is 2.21. The number of nitrogens with zero attached hydrogens (tertiary/aromatic N) is 1. The first-order valence-electron chi connectivity index (χ1n) is 4.61. The summed E-state index contributed by atoms with van der Waals surface area (Å²) in [5.74, 6) is 0.919. The van der Waals surface area contributed by atoms with Crippen LogP contribution in [0.15, 0.2) is 0 Å². The van der Waals surface area contributed by atoms with Crippen molar-refractivity contribution in [2.75, 3.05) is 19.6 Å². The standard InChI is InChI=1S/C9H15NO/c11-9-7-10-5-1-3-8(9)4-2-6-10/h8H,1-7H2. The number of hydrogen-bond donors (Lipinski definition) is 0. The first-order chi connectivity index (χ1) is 5.36. The van der Waals surface area contributed by atoms with E-state index in [-0.39, 0.29) is 0 Å². The summed E-state index contributed by atoms with van der Waals surface area (Å²) in [6.45, 7) is 3.05. The van der Waals surface area contributed by atoms with E-state index in [1.165, 1.54) is 12.8 Å². The van der Waals surface area contributed by atoms with Crippen LogP contribution in [0, 0.1) is 5.92 Å². The normalized spacial score (nSPS) is 38.4. The van der Waals surface area contributed by atoms with Crippen LogP contribution in [-0.4, -0.2) is 30.3 Å². The summed E-state index contributed by atoms with van der Waals surface area (Å²) in [4.78, 5) is 13.8. The molecule has 2 saturated heterocycles. The highest BCUT2D eigenvalue weighted by molar-refractivity contribution is 5.83. The molecule has 11 heavy (non-hydrogen) atoms. The van der Waals surface area contributed by atoms with Gasteiger partial charge in [0, 0.05) is 5.92 Å². The van der Waals surface area contributed by atoms with E-state index < -0.39 is 0 Å². The third kappa shape index (κ3) is 1.45. The Morgan fingerprint density at radius 1 is 1.18 bits per heavy atom. The molecule has 0 radical (unpaired) electrons. The summed E-state index contributed by atoms with van der Waals surface area (Å²) in [5.41, 5.74) is 0. The zero-order chi connectivity index (χ0) is 7.68. The maximum absolute atomic E-state index is 11.5. The third-order valence-electron chi connectivity index (χ3n) is 2.89. The number of carbonyl (C=O) groups excluding carboxylic acids is 1. The van der Waals surface area contributed by atoms with Gasteiger partial charge in [0.25, 0.3) is 0 Å². The van der Waals surface area contributed by atoms with Crippen molar-refractivity contribution in [3.8, 4) is 0 Å². The van der Waals surface area contributed by atoms with E-state index >= 15 is 0 Å². The Bertz CT molecular complexity index is 157.